The Morgan fingerprint density at radius 3 is 2.50 bits per heavy atom. The fourth-order valence-corrected chi connectivity index (χ4v) is 1.05. The molecule has 2 N–H and O–H groups in total. The Hall–Kier alpha value is -2.32. The van der Waals surface area contributed by atoms with E-state index in [1.807, 2.05) is 0 Å². The molecule has 0 aliphatic heterocycles. The van der Waals surface area contributed by atoms with Crippen molar-refractivity contribution in [1.82, 2.24) is 4.98 Å². The number of nitro groups is 1. The molecule has 0 atom stereocenters. The van der Waals surface area contributed by atoms with Gasteiger partial charge in [0.1, 0.15) is 11.3 Å². The average molecular weight is 234 g/mol. The maximum absolute atomic E-state index is 12.3. The van der Waals surface area contributed by atoms with Crippen LogP contribution in [-0.2, 0) is 0 Å². The van der Waals surface area contributed by atoms with Gasteiger partial charge in [-0.1, -0.05) is 0 Å². The SMILES string of the molecule is O=C(O)c1c(C(F)F)[nH]cc([N+](=O)[O-])c1=O. The minimum absolute atomic E-state index is 0.441. The molecule has 0 aliphatic rings. The van der Waals surface area contributed by atoms with Crippen molar-refractivity contribution < 1.29 is 23.6 Å². The number of carboxylic acids is 1. The van der Waals surface area contributed by atoms with E-state index in [-0.39, 0.29) is 0 Å². The monoisotopic (exact) mass is 234 g/mol. The number of alkyl halides is 2. The summed E-state index contributed by atoms with van der Waals surface area (Å²) in [6.45, 7) is 0. The molecule has 1 heterocycles. The molecule has 1 aromatic rings. The molecule has 0 fully saturated rings. The lowest BCUT2D eigenvalue weighted by Crippen LogP contribution is -2.21. The molecule has 0 amide bonds. The van der Waals surface area contributed by atoms with Crippen LogP contribution in [0.2, 0.25) is 0 Å². The molecule has 9 heteroatoms. The summed E-state index contributed by atoms with van der Waals surface area (Å²) in [5, 5.41) is 18.8. The van der Waals surface area contributed by atoms with Gasteiger partial charge in [-0.15, -0.1) is 0 Å². The highest BCUT2D eigenvalue weighted by molar-refractivity contribution is 5.89. The molecule has 0 aliphatic carbocycles. The molecule has 0 aromatic carbocycles. The van der Waals surface area contributed by atoms with Crippen molar-refractivity contribution in [1.29, 1.82) is 0 Å². The van der Waals surface area contributed by atoms with Gasteiger partial charge in [0.05, 0.1) is 11.1 Å². The number of carbonyl (C=O) groups is 1. The predicted octanol–water partition coefficient (Wildman–Crippen LogP) is 0.919. The summed E-state index contributed by atoms with van der Waals surface area (Å²) in [6, 6.07) is 0. The first-order chi connectivity index (χ1) is 7.36. The van der Waals surface area contributed by atoms with E-state index in [1.54, 1.807) is 4.98 Å². The molecule has 0 radical (unpaired) electrons. The quantitative estimate of drug-likeness (QED) is 0.596. The molecule has 16 heavy (non-hydrogen) atoms. The molecule has 86 valence electrons. The van der Waals surface area contributed by atoms with Gasteiger partial charge in [-0.2, -0.15) is 0 Å². The van der Waals surface area contributed by atoms with E-state index in [2.05, 4.69) is 0 Å². The Bertz CT molecular complexity index is 510. The van der Waals surface area contributed by atoms with E-state index in [0.717, 1.165) is 0 Å². The summed E-state index contributed by atoms with van der Waals surface area (Å²) in [4.78, 5) is 32.6. The number of aromatic nitrogens is 1. The van der Waals surface area contributed by atoms with Gasteiger partial charge < -0.3 is 10.1 Å². The second-order valence-corrected chi connectivity index (χ2v) is 2.65. The van der Waals surface area contributed by atoms with Gasteiger partial charge in [-0.25, -0.2) is 13.6 Å². The molecule has 0 unspecified atom stereocenters. The third-order valence-corrected chi connectivity index (χ3v) is 1.72. The summed E-state index contributed by atoms with van der Waals surface area (Å²) in [5.41, 5.74) is -5.11. The van der Waals surface area contributed by atoms with Crippen molar-refractivity contribution in [3.8, 4) is 0 Å². The number of aromatic amines is 1. The van der Waals surface area contributed by atoms with Crippen molar-refractivity contribution in [3.63, 3.8) is 0 Å². The molecule has 0 bridgehead atoms. The van der Waals surface area contributed by atoms with E-state index in [4.69, 9.17) is 5.11 Å². The van der Waals surface area contributed by atoms with E-state index in [9.17, 15) is 28.5 Å². The van der Waals surface area contributed by atoms with Crippen LogP contribution in [0.3, 0.4) is 0 Å². The van der Waals surface area contributed by atoms with Crippen molar-refractivity contribution >= 4 is 11.7 Å². The summed E-state index contributed by atoms with van der Waals surface area (Å²) in [5.74, 6) is -1.94. The van der Waals surface area contributed by atoms with Gasteiger partial charge in [0.25, 0.3) is 11.9 Å². The molecular weight excluding hydrogens is 230 g/mol. The van der Waals surface area contributed by atoms with Gasteiger partial charge in [0, 0.05) is 0 Å². The van der Waals surface area contributed by atoms with E-state index in [1.165, 1.54) is 0 Å². The highest BCUT2D eigenvalue weighted by Crippen LogP contribution is 2.20. The number of halogens is 2. The van der Waals surface area contributed by atoms with E-state index >= 15 is 0 Å². The first-order valence-electron chi connectivity index (χ1n) is 3.77. The number of hydrogen-bond acceptors (Lipinski definition) is 4. The zero-order valence-electron chi connectivity index (χ0n) is 7.44. The third-order valence-electron chi connectivity index (χ3n) is 1.72. The van der Waals surface area contributed by atoms with Gasteiger partial charge in [0.15, 0.2) is 0 Å². The van der Waals surface area contributed by atoms with Gasteiger partial charge in [0.2, 0.25) is 0 Å². The van der Waals surface area contributed by atoms with Crippen LogP contribution in [0.4, 0.5) is 14.5 Å². The Balaban J connectivity index is 3.61. The number of rotatable bonds is 3. The number of pyridine rings is 1. The van der Waals surface area contributed by atoms with E-state index < -0.39 is 39.7 Å². The molecule has 0 saturated carbocycles. The zero-order chi connectivity index (χ0) is 12.5. The molecule has 1 rings (SSSR count). The van der Waals surface area contributed by atoms with Crippen molar-refractivity contribution in [2.75, 3.05) is 0 Å². The molecular formula is C7H4F2N2O5. The Morgan fingerprint density at radius 1 is 1.56 bits per heavy atom. The van der Waals surface area contributed by atoms with Crippen molar-refractivity contribution in [2.45, 2.75) is 6.43 Å². The normalized spacial score (nSPS) is 10.4. The summed E-state index contributed by atoms with van der Waals surface area (Å²) >= 11 is 0. The first kappa shape index (κ1) is 11.8. The zero-order valence-corrected chi connectivity index (χ0v) is 7.44. The standard InChI is InChI=1S/C7H4F2N2O5/c8-6(9)4-3(7(13)14)5(12)2(1-10-4)11(15)16/h1,6H,(H,10,12)(H,13,14). The third kappa shape index (κ3) is 1.87. The number of aromatic carboxylic acids is 1. The van der Waals surface area contributed by atoms with E-state index in [0.29, 0.717) is 6.20 Å². The Morgan fingerprint density at radius 2 is 2.12 bits per heavy atom. The lowest BCUT2D eigenvalue weighted by Gasteiger charge is -2.03. The summed E-state index contributed by atoms with van der Waals surface area (Å²) in [6.07, 6.45) is -2.80. The predicted molar refractivity (Wildman–Crippen MR) is 45.6 cm³/mol. The summed E-state index contributed by atoms with van der Waals surface area (Å²) < 4.78 is 24.6. The molecule has 0 spiro atoms. The topological polar surface area (TPSA) is 113 Å². The second kappa shape index (κ2) is 4.04. The van der Waals surface area contributed by atoms with Gasteiger partial charge in [-0.05, 0) is 0 Å². The van der Waals surface area contributed by atoms with Crippen LogP contribution in [-0.4, -0.2) is 21.0 Å². The minimum Gasteiger partial charge on any atom is -0.477 e. The van der Waals surface area contributed by atoms with Crippen LogP contribution < -0.4 is 5.43 Å². The summed E-state index contributed by atoms with van der Waals surface area (Å²) in [7, 11) is 0. The molecule has 7 nitrogen and oxygen atoms in total. The fourth-order valence-electron chi connectivity index (χ4n) is 1.05. The average Bonchev–Trinajstić information content (AvgIpc) is 2.15. The van der Waals surface area contributed by atoms with Crippen LogP contribution in [0, 0.1) is 10.1 Å². The largest absolute Gasteiger partial charge is 0.477 e. The number of H-pyrrole nitrogens is 1. The second-order valence-electron chi connectivity index (χ2n) is 2.65. The number of nitrogens with one attached hydrogen (secondary N) is 1. The smallest absolute Gasteiger partial charge is 0.341 e. The van der Waals surface area contributed by atoms with Crippen LogP contribution in [0.15, 0.2) is 11.0 Å². The van der Waals surface area contributed by atoms with Crippen LogP contribution in [0.1, 0.15) is 22.5 Å². The molecule has 0 saturated heterocycles. The van der Waals surface area contributed by atoms with Crippen LogP contribution >= 0.6 is 0 Å². The Kier molecular flexibility index (Phi) is 2.97. The number of nitrogens with zero attached hydrogens (tertiary/aromatic N) is 1. The van der Waals surface area contributed by atoms with Crippen molar-refractivity contribution in [2.24, 2.45) is 0 Å². The lowest BCUT2D eigenvalue weighted by molar-refractivity contribution is -0.386. The van der Waals surface area contributed by atoms with Crippen LogP contribution in [0.25, 0.3) is 0 Å². The number of carboxylic acid groups (broad SMARTS) is 1. The van der Waals surface area contributed by atoms with Crippen molar-refractivity contribution in [3.05, 3.63) is 37.8 Å². The first-order valence-corrected chi connectivity index (χ1v) is 3.77. The number of hydrogen-bond donors (Lipinski definition) is 2. The minimum atomic E-state index is -3.24. The van der Waals surface area contributed by atoms with Crippen LogP contribution in [0.5, 0.6) is 0 Å². The lowest BCUT2D eigenvalue weighted by atomic mass is 10.1. The maximum Gasteiger partial charge on any atom is 0.341 e. The molecule has 1 aromatic heterocycles. The Labute approximate surface area is 85.5 Å². The maximum atomic E-state index is 12.3. The highest BCUT2D eigenvalue weighted by atomic mass is 19.3. The fraction of sp³-hybridized carbons (Fsp3) is 0.143. The van der Waals surface area contributed by atoms with Gasteiger partial charge in [-0.3, -0.25) is 14.9 Å². The van der Waals surface area contributed by atoms with Gasteiger partial charge >= 0.3 is 11.7 Å². The highest BCUT2D eigenvalue weighted by Gasteiger charge is 2.27.